The van der Waals surface area contributed by atoms with E-state index in [1.165, 1.54) is 17.4 Å². The number of aliphatic hydroxyl groups is 3. The zero-order valence-corrected chi connectivity index (χ0v) is 13.7. The molecule has 0 amide bonds. The fourth-order valence-electron chi connectivity index (χ4n) is 2.54. The summed E-state index contributed by atoms with van der Waals surface area (Å²) in [4.78, 5) is 26.1. The maximum Gasteiger partial charge on any atom is 0.328 e. The lowest BCUT2D eigenvalue weighted by atomic mass is 10.0. The van der Waals surface area contributed by atoms with Crippen LogP contribution in [0.1, 0.15) is 18.6 Å². The lowest BCUT2D eigenvalue weighted by Gasteiger charge is -2.16. The second-order valence-electron chi connectivity index (χ2n) is 5.76. The van der Waals surface area contributed by atoms with Gasteiger partial charge in [-0.25, -0.2) is 10.6 Å². The number of aliphatic hydroxyl groups excluding tert-OH is 3. The molecule has 1 saturated heterocycles. The van der Waals surface area contributed by atoms with E-state index in [1.54, 1.807) is 0 Å². The van der Waals surface area contributed by atoms with Crippen molar-refractivity contribution in [3.8, 4) is 0 Å². The second-order valence-corrected chi connectivity index (χ2v) is 5.76. The number of hydrazine groups is 1. The molecule has 1 aliphatic heterocycles. The molecule has 1 aromatic rings. The Labute approximate surface area is 142 Å². The molecule has 140 valence electrons. The Balaban J connectivity index is 2.34. The number of H-pyrrole nitrogens is 1. The van der Waals surface area contributed by atoms with Gasteiger partial charge in [-0.05, 0) is 6.92 Å². The van der Waals surface area contributed by atoms with Gasteiger partial charge in [0.05, 0.1) is 18.7 Å². The number of aromatic nitrogens is 2. The monoisotopic (exact) mass is 357 g/mol. The van der Waals surface area contributed by atoms with Gasteiger partial charge in [-0.15, -0.1) is 0 Å². The van der Waals surface area contributed by atoms with Crippen LogP contribution in [0.4, 0.5) is 0 Å². The van der Waals surface area contributed by atoms with Crippen LogP contribution in [0.5, 0.6) is 0 Å². The topological polar surface area (TPSA) is 180 Å². The summed E-state index contributed by atoms with van der Waals surface area (Å²) in [6.07, 6.45) is -2.33. The van der Waals surface area contributed by atoms with Crippen molar-refractivity contribution in [1.82, 2.24) is 14.6 Å². The molecule has 1 aromatic heterocycles. The molecule has 0 saturated carbocycles. The Kier molecular flexibility index (Phi) is 5.98. The summed E-state index contributed by atoms with van der Waals surface area (Å²) in [6.45, 7) is 1.75. The van der Waals surface area contributed by atoms with Gasteiger partial charge in [0.2, 0.25) is 0 Å². The third kappa shape index (κ3) is 4.08. The molecule has 0 aromatic carbocycles. The van der Waals surface area contributed by atoms with Crippen molar-refractivity contribution in [2.45, 2.75) is 37.9 Å². The molecule has 1 fully saturated rings. The van der Waals surface area contributed by atoms with Crippen LogP contribution >= 0.6 is 0 Å². The van der Waals surface area contributed by atoms with E-state index in [9.17, 15) is 19.8 Å². The zero-order valence-electron chi connectivity index (χ0n) is 13.7. The van der Waals surface area contributed by atoms with E-state index in [0.29, 0.717) is 6.54 Å². The minimum atomic E-state index is -1.42. The maximum atomic E-state index is 12.1. The molecule has 0 aliphatic carbocycles. The van der Waals surface area contributed by atoms with Crippen molar-refractivity contribution in [2.24, 2.45) is 11.6 Å². The third-order valence-electron chi connectivity index (χ3n) is 3.94. The molecular weight excluding hydrogens is 334 g/mol. The first-order valence-electron chi connectivity index (χ1n) is 7.72. The van der Waals surface area contributed by atoms with Gasteiger partial charge in [0.1, 0.15) is 24.4 Å². The van der Waals surface area contributed by atoms with Gasteiger partial charge >= 0.3 is 5.69 Å². The van der Waals surface area contributed by atoms with E-state index in [-0.39, 0.29) is 17.8 Å². The number of hydrogen-bond donors (Lipinski definition) is 6. The lowest BCUT2D eigenvalue weighted by Crippen LogP contribution is -2.37. The Hall–Kier alpha value is -2.18. The van der Waals surface area contributed by atoms with E-state index in [0.717, 1.165) is 4.57 Å². The number of hydrogen-bond acceptors (Lipinski definition) is 9. The first-order valence-corrected chi connectivity index (χ1v) is 7.72. The van der Waals surface area contributed by atoms with Gasteiger partial charge in [-0.2, -0.15) is 0 Å². The highest BCUT2D eigenvalue weighted by Crippen LogP contribution is 2.31. The number of nitrogens with one attached hydrogen (secondary N) is 1. The molecule has 0 bridgehead atoms. The number of rotatable bonds is 6. The third-order valence-corrected chi connectivity index (χ3v) is 3.94. The summed E-state index contributed by atoms with van der Waals surface area (Å²) in [7, 11) is 0. The molecule has 25 heavy (non-hydrogen) atoms. The predicted octanol–water partition coefficient (Wildman–Crippen LogP) is -3.31. The molecular formula is C14H23N5O6. The van der Waals surface area contributed by atoms with Gasteiger partial charge < -0.3 is 30.8 Å². The van der Waals surface area contributed by atoms with Gasteiger partial charge in [0.15, 0.2) is 0 Å². The van der Waals surface area contributed by atoms with Crippen molar-refractivity contribution in [2.75, 3.05) is 13.2 Å². The minimum Gasteiger partial charge on any atom is -0.399 e. The normalized spacial score (nSPS) is 26.8. The molecule has 8 N–H and O–H groups in total. The Morgan fingerprint density at radius 1 is 1.44 bits per heavy atom. The summed E-state index contributed by atoms with van der Waals surface area (Å²) in [5.41, 5.74) is 4.57. The van der Waals surface area contributed by atoms with Crippen LogP contribution in [0.25, 0.3) is 0 Å². The summed E-state index contributed by atoms with van der Waals surface area (Å²) in [6, 6.07) is 0. The Morgan fingerprint density at radius 3 is 2.68 bits per heavy atom. The van der Waals surface area contributed by atoms with Crippen molar-refractivity contribution in [1.29, 1.82) is 0 Å². The number of allylic oxidation sites excluding steroid dienone is 1. The van der Waals surface area contributed by atoms with Crippen molar-refractivity contribution >= 4 is 0 Å². The highest BCUT2D eigenvalue weighted by Gasteiger charge is 2.44. The number of nitrogens with two attached hydrogens (primary N) is 2. The second kappa shape index (κ2) is 7.80. The van der Waals surface area contributed by atoms with Crippen LogP contribution in [-0.2, 0) is 11.3 Å². The van der Waals surface area contributed by atoms with Crippen molar-refractivity contribution in [3.05, 3.63) is 44.5 Å². The van der Waals surface area contributed by atoms with Crippen molar-refractivity contribution < 1.29 is 20.1 Å². The molecule has 2 rings (SSSR count). The van der Waals surface area contributed by atoms with Gasteiger partial charge in [-0.1, -0.05) is 0 Å². The molecule has 11 heteroatoms. The largest absolute Gasteiger partial charge is 0.399 e. The molecule has 2 heterocycles. The number of aromatic amines is 1. The van der Waals surface area contributed by atoms with Crippen LogP contribution in [0, 0.1) is 0 Å². The summed E-state index contributed by atoms with van der Waals surface area (Å²) < 4.78 is 6.45. The lowest BCUT2D eigenvalue weighted by molar-refractivity contribution is -0.0233. The summed E-state index contributed by atoms with van der Waals surface area (Å²) in [5, 5.41) is 30.3. The van der Waals surface area contributed by atoms with Crippen LogP contribution in [-0.4, -0.2) is 61.3 Å². The SMILES string of the molecule is CCN(N)/C=C(\N)Cn1cc(C2OC(CO)C(O)C2O)c(=O)[nH]c1=O. The van der Waals surface area contributed by atoms with Crippen LogP contribution in [0.3, 0.4) is 0 Å². The first-order chi connectivity index (χ1) is 11.8. The summed E-state index contributed by atoms with van der Waals surface area (Å²) in [5.74, 6) is 5.61. The van der Waals surface area contributed by atoms with Crippen LogP contribution < -0.4 is 22.8 Å². The average Bonchev–Trinajstić information content (AvgIpc) is 2.85. The fourth-order valence-corrected chi connectivity index (χ4v) is 2.54. The zero-order chi connectivity index (χ0) is 18.7. The maximum absolute atomic E-state index is 12.1. The molecule has 1 aliphatic rings. The smallest absolute Gasteiger partial charge is 0.328 e. The summed E-state index contributed by atoms with van der Waals surface area (Å²) >= 11 is 0. The van der Waals surface area contributed by atoms with E-state index in [4.69, 9.17) is 21.4 Å². The van der Waals surface area contributed by atoms with Crippen LogP contribution in [0.2, 0.25) is 0 Å². The van der Waals surface area contributed by atoms with Crippen LogP contribution in [0.15, 0.2) is 27.7 Å². The number of ether oxygens (including phenoxy) is 1. The minimum absolute atomic E-state index is 0.0505. The molecule has 0 spiro atoms. The highest BCUT2D eigenvalue weighted by molar-refractivity contribution is 5.15. The van der Waals surface area contributed by atoms with Gasteiger partial charge in [0, 0.05) is 24.6 Å². The van der Waals surface area contributed by atoms with E-state index >= 15 is 0 Å². The van der Waals surface area contributed by atoms with Gasteiger partial charge in [-0.3, -0.25) is 14.3 Å². The molecule has 4 atom stereocenters. The van der Waals surface area contributed by atoms with E-state index in [1.807, 2.05) is 6.92 Å². The van der Waals surface area contributed by atoms with E-state index < -0.39 is 42.3 Å². The molecule has 0 radical (unpaired) electrons. The van der Waals surface area contributed by atoms with Crippen molar-refractivity contribution in [3.63, 3.8) is 0 Å². The first kappa shape index (κ1) is 19.1. The van der Waals surface area contributed by atoms with E-state index in [2.05, 4.69) is 4.98 Å². The molecule has 4 unspecified atom stereocenters. The standard InChI is InChI=1S/C14H23N5O6/c1-2-19(16)4-7(15)3-18-5-8(13(23)17-14(18)24)12-11(22)10(21)9(6-20)25-12/h4-5,9-12,20-22H,2-3,6,15-16H2,1H3,(H,17,23,24)/b7-4-. The predicted molar refractivity (Wildman–Crippen MR) is 86.9 cm³/mol. The number of nitrogens with zero attached hydrogens (tertiary/aromatic N) is 2. The highest BCUT2D eigenvalue weighted by atomic mass is 16.6. The fraction of sp³-hybridized carbons (Fsp3) is 0.571. The Bertz CT molecular complexity index is 744. The Morgan fingerprint density at radius 2 is 2.12 bits per heavy atom. The average molecular weight is 357 g/mol. The quantitative estimate of drug-likeness (QED) is 0.224. The molecule has 11 nitrogen and oxygen atoms in total. The van der Waals surface area contributed by atoms with Gasteiger partial charge in [0.25, 0.3) is 5.56 Å².